The van der Waals surface area contributed by atoms with E-state index in [-0.39, 0.29) is 10.8 Å². The first-order valence-electron chi connectivity index (χ1n) is 6.55. The van der Waals surface area contributed by atoms with Crippen molar-refractivity contribution in [3.8, 4) is 6.07 Å². The van der Waals surface area contributed by atoms with Gasteiger partial charge in [0.2, 0.25) is 5.76 Å². The van der Waals surface area contributed by atoms with E-state index in [0.717, 1.165) is 0 Å². The van der Waals surface area contributed by atoms with Gasteiger partial charge in [-0.15, -0.1) is 0 Å². The van der Waals surface area contributed by atoms with Crippen LogP contribution in [0.15, 0.2) is 28.8 Å². The maximum atomic E-state index is 12.0. The predicted molar refractivity (Wildman–Crippen MR) is 80.9 cm³/mol. The summed E-state index contributed by atoms with van der Waals surface area (Å²) >= 11 is 5.88. The van der Waals surface area contributed by atoms with Crippen molar-refractivity contribution < 1.29 is 18.8 Å². The number of benzene rings is 1. The summed E-state index contributed by atoms with van der Waals surface area (Å²) < 4.78 is 9.75. The third kappa shape index (κ3) is 4.08. The molecule has 1 aromatic heterocycles. The van der Waals surface area contributed by atoms with Gasteiger partial charge in [0.1, 0.15) is 6.07 Å². The third-order valence-electron chi connectivity index (χ3n) is 2.84. The quantitative estimate of drug-likeness (QED) is 0.862. The van der Waals surface area contributed by atoms with E-state index in [1.807, 2.05) is 6.07 Å². The normalized spacial score (nSPS) is 11.4. The van der Waals surface area contributed by atoms with E-state index in [1.54, 1.807) is 6.92 Å². The van der Waals surface area contributed by atoms with Crippen molar-refractivity contribution in [1.29, 1.82) is 5.26 Å². The van der Waals surface area contributed by atoms with Gasteiger partial charge in [-0.3, -0.25) is 4.79 Å². The number of nitrogens with zero attached hydrogens (tertiary/aromatic N) is 2. The van der Waals surface area contributed by atoms with E-state index >= 15 is 0 Å². The Morgan fingerprint density at radius 3 is 2.74 bits per heavy atom. The van der Waals surface area contributed by atoms with Crippen molar-refractivity contribution in [3.05, 3.63) is 46.3 Å². The highest BCUT2D eigenvalue weighted by Crippen LogP contribution is 2.20. The molecule has 1 atom stereocenters. The minimum atomic E-state index is -1.05. The second kappa shape index (κ2) is 6.94. The van der Waals surface area contributed by atoms with Crippen LogP contribution >= 0.6 is 11.6 Å². The van der Waals surface area contributed by atoms with E-state index in [2.05, 4.69) is 10.5 Å². The van der Waals surface area contributed by atoms with Crippen LogP contribution in [0.3, 0.4) is 0 Å². The zero-order valence-electron chi connectivity index (χ0n) is 12.3. The van der Waals surface area contributed by atoms with E-state index in [9.17, 15) is 9.59 Å². The Hall–Kier alpha value is -2.85. The molecule has 0 spiro atoms. The van der Waals surface area contributed by atoms with Crippen LogP contribution < -0.4 is 5.32 Å². The summed E-state index contributed by atoms with van der Waals surface area (Å²) in [6.45, 7) is 3.08. The lowest BCUT2D eigenvalue weighted by Gasteiger charge is -2.12. The molecule has 1 N–H and O–H groups in total. The lowest BCUT2D eigenvalue weighted by Crippen LogP contribution is -2.29. The van der Waals surface area contributed by atoms with Crippen molar-refractivity contribution in [1.82, 2.24) is 5.16 Å². The van der Waals surface area contributed by atoms with Crippen LogP contribution in [0.25, 0.3) is 0 Å². The predicted octanol–water partition coefficient (Wildman–Crippen LogP) is 2.69. The van der Waals surface area contributed by atoms with Gasteiger partial charge < -0.3 is 14.6 Å². The first-order valence-corrected chi connectivity index (χ1v) is 6.93. The van der Waals surface area contributed by atoms with E-state index in [4.69, 9.17) is 26.1 Å². The number of nitrogens with one attached hydrogen (secondary N) is 1. The number of amides is 1. The molecule has 0 saturated heterocycles. The highest BCUT2D eigenvalue weighted by molar-refractivity contribution is 6.32. The molecular formula is C15H12ClN3O4. The molecule has 0 aliphatic heterocycles. The fourth-order valence-corrected chi connectivity index (χ4v) is 1.88. The molecule has 0 unspecified atom stereocenters. The number of aromatic nitrogens is 1. The molecule has 0 aliphatic carbocycles. The Balaban J connectivity index is 1.99. The van der Waals surface area contributed by atoms with Crippen LogP contribution in [-0.2, 0) is 9.53 Å². The highest BCUT2D eigenvalue weighted by Gasteiger charge is 2.21. The molecule has 23 heavy (non-hydrogen) atoms. The van der Waals surface area contributed by atoms with Crippen molar-refractivity contribution in [3.63, 3.8) is 0 Å². The zero-order chi connectivity index (χ0) is 17.0. The molecule has 0 bridgehead atoms. The molecule has 118 valence electrons. The molecule has 1 amide bonds. The van der Waals surface area contributed by atoms with E-state index in [0.29, 0.717) is 16.9 Å². The van der Waals surface area contributed by atoms with Crippen molar-refractivity contribution in [2.45, 2.75) is 20.0 Å². The topological polar surface area (TPSA) is 105 Å². The first-order chi connectivity index (χ1) is 10.9. The largest absolute Gasteiger partial charge is 0.447 e. The molecule has 0 saturated carbocycles. The monoisotopic (exact) mass is 333 g/mol. The number of hydrogen-bond acceptors (Lipinski definition) is 6. The van der Waals surface area contributed by atoms with Gasteiger partial charge in [-0.1, -0.05) is 16.8 Å². The second-order valence-corrected chi connectivity index (χ2v) is 5.08. The molecule has 2 rings (SSSR count). The maximum Gasteiger partial charge on any atom is 0.377 e. The molecule has 1 aromatic carbocycles. The summed E-state index contributed by atoms with van der Waals surface area (Å²) in [7, 11) is 0. The van der Waals surface area contributed by atoms with Crippen LogP contribution in [0.2, 0.25) is 5.02 Å². The van der Waals surface area contributed by atoms with Gasteiger partial charge in [-0.2, -0.15) is 5.26 Å². The standard InChI is InChI=1S/C15H12ClN3O4/c1-8-5-13(23-19-8)15(21)22-9(2)14(20)18-11-4-3-10(7-17)12(16)6-11/h3-6,9H,1-2H3,(H,18,20)/t9-/m1/s1. The number of anilines is 1. The molecule has 2 aromatic rings. The van der Waals surface area contributed by atoms with Gasteiger partial charge in [-0.25, -0.2) is 4.79 Å². The van der Waals surface area contributed by atoms with Crippen LogP contribution in [0.4, 0.5) is 5.69 Å². The SMILES string of the molecule is Cc1cc(C(=O)O[C@H](C)C(=O)Nc2ccc(C#N)c(Cl)c2)on1. The fourth-order valence-electron chi connectivity index (χ4n) is 1.66. The van der Waals surface area contributed by atoms with Gasteiger partial charge in [-0.05, 0) is 32.0 Å². The van der Waals surface area contributed by atoms with Crippen LogP contribution in [0, 0.1) is 18.3 Å². The summed E-state index contributed by atoms with van der Waals surface area (Å²) in [5.41, 5.74) is 1.21. The van der Waals surface area contributed by atoms with Gasteiger partial charge in [0.05, 0.1) is 16.3 Å². The van der Waals surface area contributed by atoms with Crippen molar-refractivity contribution in [2.24, 2.45) is 0 Å². The minimum absolute atomic E-state index is 0.0800. The lowest BCUT2D eigenvalue weighted by atomic mass is 10.2. The number of carbonyl (C=O) groups excluding carboxylic acids is 2. The van der Waals surface area contributed by atoms with Gasteiger partial charge in [0.25, 0.3) is 5.91 Å². The van der Waals surface area contributed by atoms with Crippen molar-refractivity contribution >= 4 is 29.2 Å². The van der Waals surface area contributed by atoms with Crippen LogP contribution in [-0.4, -0.2) is 23.1 Å². The first kappa shape index (κ1) is 16.5. The molecule has 0 radical (unpaired) electrons. The summed E-state index contributed by atoms with van der Waals surface area (Å²) in [6.07, 6.45) is -1.05. The minimum Gasteiger partial charge on any atom is -0.447 e. The van der Waals surface area contributed by atoms with Crippen LogP contribution in [0.1, 0.15) is 28.7 Å². The maximum absolute atomic E-state index is 12.0. The Morgan fingerprint density at radius 1 is 1.43 bits per heavy atom. The number of esters is 1. The number of ether oxygens (including phenoxy) is 1. The molecule has 7 nitrogen and oxygen atoms in total. The van der Waals surface area contributed by atoms with Gasteiger partial charge >= 0.3 is 5.97 Å². The molecular weight excluding hydrogens is 322 g/mol. The molecule has 0 fully saturated rings. The van der Waals surface area contributed by atoms with Crippen LogP contribution in [0.5, 0.6) is 0 Å². The number of hydrogen-bond donors (Lipinski definition) is 1. The zero-order valence-corrected chi connectivity index (χ0v) is 13.0. The summed E-state index contributed by atoms with van der Waals surface area (Å²) in [6, 6.07) is 7.76. The van der Waals surface area contributed by atoms with Gasteiger partial charge in [0.15, 0.2) is 6.10 Å². The molecule has 1 heterocycles. The number of rotatable bonds is 4. The Kier molecular flexibility index (Phi) is 4.98. The average molecular weight is 334 g/mol. The molecule has 8 heteroatoms. The summed E-state index contributed by atoms with van der Waals surface area (Å²) in [5, 5.41) is 15.1. The van der Waals surface area contributed by atoms with Crippen molar-refractivity contribution in [2.75, 3.05) is 5.32 Å². The highest BCUT2D eigenvalue weighted by atomic mass is 35.5. The Labute approximate surface area is 136 Å². The smallest absolute Gasteiger partial charge is 0.377 e. The number of nitriles is 1. The third-order valence-corrected chi connectivity index (χ3v) is 3.15. The number of halogens is 1. The second-order valence-electron chi connectivity index (χ2n) is 4.68. The summed E-state index contributed by atoms with van der Waals surface area (Å²) in [4.78, 5) is 23.8. The Morgan fingerprint density at radius 2 is 2.17 bits per heavy atom. The van der Waals surface area contributed by atoms with E-state index in [1.165, 1.54) is 31.2 Å². The average Bonchev–Trinajstić information content (AvgIpc) is 2.94. The fraction of sp³-hybridized carbons (Fsp3) is 0.200. The number of carbonyl (C=O) groups is 2. The Bertz CT molecular complexity index is 794. The lowest BCUT2D eigenvalue weighted by molar-refractivity contribution is -0.123. The van der Waals surface area contributed by atoms with E-state index < -0.39 is 18.0 Å². The summed E-state index contributed by atoms with van der Waals surface area (Å²) in [5.74, 6) is -1.41. The number of aryl methyl sites for hydroxylation is 1. The van der Waals surface area contributed by atoms with Gasteiger partial charge in [0, 0.05) is 11.8 Å². The molecule has 0 aliphatic rings.